The first-order valence-corrected chi connectivity index (χ1v) is 6.00. The maximum atomic E-state index is 12.5. The van der Waals surface area contributed by atoms with Crippen molar-refractivity contribution in [2.24, 2.45) is 0 Å². The zero-order valence-corrected chi connectivity index (χ0v) is 11.3. The highest BCUT2D eigenvalue weighted by Crippen LogP contribution is 2.20. The second-order valence-corrected chi connectivity index (χ2v) is 5.19. The van der Waals surface area contributed by atoms with Crippen molar-refractivity contribution in [2.45, 2.75) is 19.4 Å². The van der Waals surface area contributed by atoms with Gasteiger partial charge in [-0.15, -0.1) is 0 Å². The van der Waals surface area contributed by atoms with Crippen LogP contribution in [0.1, 0.15) is 24.2 Å². The summed E-state index contributed by atoms with van der Waals surface area (Å²) in [6.45, 7) is 3.86. The third kappa shape index (κ3) is 2.14. The number of fused-ring (bicyclic) bond motifs is 1. The smallest absolute Gasteiger partial charge is 0.182 e. The van der Waals surface area contributed by atoms with Crippen LogP contribution in [0.4, 0.5) is 0 Å². The molecule has 3 nitrogen and oxygen atoms in total. The Labute approximate surface area is 107 Å². The van der Waals surface area contributed by atoms with Crippen LogP contribution in [-0.4, -0.2) is 35.3 Å². The minimum Gasteiger partial charge on any atom is -0.297 e. The van der Waals surface area contributed by atoms with Crippen molar-refractivity contribution in [3.05, 3.63) is 42.1 Å². The Balaban J connectivity index is 2.46. The molecule has 0 aliphatic rings. The zero-order chi connectivity index (χ0) is 13.3. The molecule has 0 aliphatic heterocycles. The van der Waals surface area contributed by atoms with E-state index in [-0.39, 0.29) is 5.78 Å². The van der Waals surface area contributed by atoms with Crippen LogP contribution in [0.2, 0.25) is 0 Å². The molecule has 2 rings (SSSR count). The van der Waals surface area contributed by atoms with Crippen molar-refractivity contribution in [1.29, 1.82) is 0 Å². The van der Waals surface area contributed by atoms with E-state index in [1.54, 1.807) is 6.20 Å². The Morgan fingerprint density at radius 3 is 2.61 bits per heavy atom. The molecule has 3 heteroatoms. The van der Waals surface area contributed by atoms with Crippen LogP contribution < -0.4 is 0 Å². The van der Waals surface area contributed by atoms with E-state index in [1.807, 2.05) is 63.2 Å². The van der Waals surface area contributed by atoms with Crippen molar-refractivity contribution in [2.75, 3.05) is 14.1 Å². The van der Waals surface area contributed by atoms with Crippen molar-refractivity contribution in [3.8, 4) is 0 Å². The summed E-state index contributed by atoms with van der Waals surface area (Å²) in [6.07, 6.45) is 1.74. The average Bonchev–Trinajstić information content (AvgIpc) is 2.37. The first kappa shape index (κ1) is 12.7. The van der Waals surface area contributed by atoms with Crippen LogP contribution >= 0.6 is 0 Å². The van der Waals surface area contributed by atoms with Crippen LogP contribution in [0.15, 0.2) is 36.5 Å². The number of benzene rings is 1. The third-order valence-electron chi connectivity index (χ3n) is 3.54. The van der Waals surface area contributed by atoms with E-state index in [9.17, 15) is 4.79 Å². The fraction of sp³-hybridized carbons (Fsp3) is 0.333. The molecule has 0 amide bonds. The summed E-state index contributed by atoms with van der Waals surface area (Å²) < 4.78 is 0. The standard InChI is InChI=1S/C15H18N2O/c1-15(2,17(3)4)14(18)12-8-7-11-6-5-9-16-13(11)10-12/h5-10H,1-4H3. The Bertz CT molecular complexity index is 588. The highest BCUT2D eigenvalue weighted by molar-refractivity contribution is 6.04. The Kier molecular flexibility index (Phi) is 3.18. The highest BCUT2D eigenvalue weighted by Gasteiger charge is 2.30. The van der Waals surface area contributed by atoms with Crippen LogP contribution in [0.25, 0.3) is 10.9 Å². The molecule has 0 unspecified atom stereocenters. The fourth-order valence-electron chi connectivity index (χ4n) is 1.76. The number of ketones is 1. The van der Waals surface area contributed by atoms with Gasteiger partial charge in [-0.05, 0) is 40.1 Å². The fourth-order valence-corrected chi connectivity index (χ4v) is 1.76. The third-order valence-corrected chi connectivity index (χ3v) is 3.54. The Morgan fingerprint density at radius 1 is 1.22 bits per heavy atom. The number of carbonyl (C=O) groups excluding carboxylic acids is 1. The topological polar surface area (TPSA) is 33.2 Å². The molecule has 1 aromatic heterocycles. The van der Waals surface area contributed by atoms with Gasteiger partial charge in [0.1, 0.15) is 0 Å². The molecule has 2 aromatic rings. The molecule has 18 heavy (non-hydrogen) atoms. The number of Topliss-reactive ketones (excluding diaryl/α,β-unsaturated/α-hetero) is 1. The summed E-state index contributed by atoms with van der Waals surface area (Å²) in [6, 6.07) is 9.57. The number of rotatable bonds is 3. The minimum absolute atomic E-state index is 0.111. The lowest BCUT2D eigenvalue weighted by Crippen LogP contribution is -2.45. The number of hydrogen-bond acceptors (Lipinski definition) is 3. The van der Waals surface area contributed by atoms with E-state index in [4.69, 9.17) is 0 Å². The summed E-state index contributed by atoms with van der Waals surface area (Å²) in [7, 11) is 3.83. The molecule has 0 aliphatic carbocycles. The normalized spacial score (nSPS) is 12.1. The molecular weight excluding hydrogens is 224 g/mol. The van der Waals surface area contributed by atoms with Gasteiger partial charge < -0.3 is 0 Å². The van der Waals surface area contributed by atoms with Crippen molar-refractivity contribution in [3.63, 3.8) is 0 Å². The van der Waals surface area contributed by atoms with Gasteiger partial charge in [-0.1, -0.05) is 18.2 Å². The van der Waals surface area contributed by atoms with Crippen molar-refractivity contribution >= 4 is 16.7 Å². The van der Waals surface area contributed by atoms with E-state index in [0.29, 0.717) is 5.56 Å². The van der Waals surface area contributed by atoms with Gasteiger partial charge in [0.2, 0.25) is 0 Å². The van der Waals surface area contributed by atoms with E-state index in [1.165, 1.54) is 0 Å². The average molecular weight is 242 g/mol. The minimum atomic E-state index is -0.511. The maximum Gasteiger partial charge on any atom is 0.182 e. The summed E-state index contributed by atoms with van der Waals surface area (Å²) in [4.78, 5) is 18.7. The zero-order valence-electron chi connectivity index (χ0n) is 11.3. The second-order valence-electron chi connectivity index (χ2n) is 5.19. The molecular formula is C15H18N2O. The van der Waals surface area contributed by atoms with Gasteiger partial charge in [-0.25, -0.2) is 0 Å². The molecule has 94 valence electrons. The molecule has 0 bridgehead atoms. The van der Waals surface area contributed by atoms with Crippen LogP contribution in [-0.2, 0) is 0 Å². The van der Waals surface area contributed by atoms with E-state index in [2.05, 4.69) is 4.98 Å². The lowest BCUT2D eigenvalue weighted by atomic mass is 9.91. The van der Waals surface area contributed by atoms with E-state index >= 15 is 0 Å². The van der Waals surface area contributed by atoms with Gasteiger partial charge in [0.05, 0.1) is 11.1 Å². The predicted molar refractivity (Wildman–Crippen MR) is 73.8 cm³/mol. The number of pyridine rings is 1. The van der Waals surface area contributed by atoms with Crippen molar-refractivity contribution in [1.82, 2.24) is 9.88 Å². The molecule has 0 spiro atoms. The van der Waals surface area contributed by atoms with Gasteiger partial charge in [-0.2, -0.15) is 0 Å². The Hall–Kier alpha value is -1.74. The number of nitrogens with zero attached hydrogens (tertiary/aromatic N) is 2. The second kappa shape index (κ2) is 4.50. The maximum absolute atomic E-state index is 12.5. The number of likely N-dealkylation sites (N-methyl/N-ethyl adjacent to an activating group) is 1. The van der Waals surface area contributed by atoms with Crippen LogP contribution in [0.5, 0.6) is 0 Å². The molecule has 0 N–H and O–H groups in total. The SMILES string of the molecule is CN(C)C(C)(C)C(=O)c1ccc2cccnc2c1. The highest BCUT2D eigenvalue weighted by atomic mass is 16.1. The van der Waals surface area contributed by atoms with Crippen LogP contribution in [0, 0.1) is 0 Å². The van der Waals surface area contributed by atoms with Crippen molar-refractivity contribution < 1.29 is 4.79 Å². The molecule has 0 fully saturated rings. The summed E-state index contributed by atoms with van der Waals surface area (Å²) in [5.41, 5.74) is 1.06. The van der Waals surface area contributed by atoms with Gasteiger partial charge in [0.25, 0.3) is 0 Å². The first-order valence-electron chi connectivity index (χ1n) is 6.00. The van der Waals surface area contributed by atoms with Crippen LogP contribution in [0.3, 0.4) is 0 Å². The molecule has 0 saturated carbocycles. The monoisotopic (exact) mass is 242 g/mol. The largest absolute Gasteiger partial charge is 0.297 e. The number of hydrogen-bond donors (Lipinski definition) is 0. The number of carbonyl (C=O) groups is 1. The van der Waals surface area contributed by atoms with Gasteiger partial charge in [-0.3, -0.25) is 14.7 Å². The van der Waals surface area contributed by atoms with Gasteiger partial charge in [0.15, 0.2) is 5.78 Å². The lowest BCUT2D eigenvalue weighted by molar-refractivity contribution is 0.0755. The molecule has 1 aromatic carbocycles. The molecule has 0 atom stereocenters. The molecule has 0 saturated heterocycles. The van der Waals surface area contributed by atoms with Gasteiger partial charge >= 0.3 is 0 Å². The predicted octanol–water partition coefficient (Wildman–Crippen LogP) is 2.76. The van der Waals surface area contributed by atoms with E-state index < -0.39 is 5.54 Å². The molecule has 0 radical (unpaired) electrons. The lowest BCUT2D eigenvalue weighted by Gasteiger charge is -2.30. The summed E-state index contributed by atoms with van der Waals surface area (Å²) >= 11 is 0. The summed E-state index contributed by atoms with van der Waals surface area (Å²) in [5.74, 6) is 0.111. The molecule has 1 heterocycles. The number of aromatic nitrogens is 1. The summed E-state index contributed by atoms with van der Waals surface area (Å²) in [5, 5.41) is 1.05. The van der Waals surface area contributed by atoms with E-state index in [0.717, 1.165) is 10.9 Å². The quantitative estimate of drug-likeness (QED) is 0.776. The Morgan fingerprint density at radius 2 is 1.94 bits per heavy atom. The first-order chi connectivity index (χ1) is 8.43. The van der Waals surface area contributed by atoms with Gasteiger partial charge in [0, 0.05) is 17.1 Å².